The Labute approximate surface area is 179 Å². The van der Waals surface area contributed by atoms with Crippen molar-refractivity contribution >= 4 is 17.7 Å². The zero-order valence-corrected chi connectivity index (χ0v) is 18.1. The number of amides is 1. The molecule has 0 aliphatic rings. The van der Waals surface area contributed by atoms with Crippen LogP contribution in [-0.2, 0) is 20.7 Å². The van der Waals surface area contributed by atoms with Crippen LogP contribution in [0.2, 0.25) is 0 Å². The standard InChI is InChI=1S/C21H25N5O5/c1-12-8-13(2)26-21(22-12)24-18(25-26)11-19(27)23-15(10-20(28)31-5)14-6-7-16(29-3)17(9-14)30-4/h6-9,15H,10-11H2,1-5H3,(H,23,27). The second-order valence-corrected chi connectivity index (χ2v) is 6.97. The number of hydrogen-bond acceptors (Lipinski definition) is 8. The van der Waals surface area contributed by atoms with E-state index in [9.17, 15) is 9.59 Å². The number of aromatic nitrogens is 4. The van der Waals surface area contributed by atoms with Gasteiger partial charge in [-0.15, -0.1) is 5.10 Å². The number of fused-ring (bicyclic) bond motifs is 1. The minimum atomic E-state index is -0.626. The summed E-state index contributed by atoms with van der Waals surface area (Å²) < 4.78 is 17.0. The molecule has 10 heteroatoms. The zero-order valence-electron chi connectivity index (χ0n) is 18.1. The predicted molar refractivity (Wildman–Crippen MR) is 111 cm³/mol. The molecule has 1 N–H and O–H groups in total. The summed E-state index contributed by atoms with van der Waals surface area (Å²) in [5.41, 5.74) is 2.36. The molecule has 3 rings (SSSR count). The van der Waals surface area contributed by atoms with Gasteiger partial charge < -0.3 is 19.5 Å². The van der Waals surface area contributed by atoms with Gasteiger partial charge in [0.15, 0.2) is 17.3 Å². The summed E-state index contributed by atoms with van der Waals surface area (Å²) >= 11 is 0. The Balaban J connectivity index is 1.82. The number of aryl methyl sites for hydroxylation is 2. The predicted octanol–water partition coefficient (Wildman–Crippen LogP) is 1.72. The maximum Gasteiger partial charge on any atom is 0.307 e. The van der Waals surface area contributed by atoms with Crippen molar-refractivity contribution in [2.24, 2.45) is 0 Å². The molecule has 0 radical (unpaired) electrons. The topological polar surface area (TPSA) is 117 Å². The number of carbonyl (C=O) groups is 2. The highest BCUT2D eigenvalue weighted by Crippen LogP contribution is 2.31. The summed E-state index contributed by atoms with van der Waals surface area (Å²) in [6.45, 7) is 3.76. The summed E-state index contributed by atoms with van der Waals surface area (Å²) in [4.78, 5) is 33.3. The first-order valence-corrected chi connectivity index (χ1v) is 9.62. The van der Waals surface area contributed by atoms with E-state index in [-0.39, 0.29) is 18.7 Å². The minimum absolute atomic E-state index is 0.0455. The second kappa shape index (κ2) is 9.41. The molecule has 164 valence electrons. The second-order valence-electron chi connectivity index (χ2n) is 6.97. The molecule has 1 aromatic carbocycles. The van der Waals surface area contributed by atoms with Crippen molar-refractivity contribution in [3.8, 4) is 11.5 Å². The Morgan fingerprint density at radius 3 is 2.48 bits per heavy atom. The molecule has 31 heavy (non-hydrogen) atoms. The van der Waals surface area contributed by atoms with Gasteiger partial charge in [0, 0.05) is 11.4 Å². The molecule has 0 aliphatic heterocycles. The van der Waals surface area contributed by atoms with Crippen LogP contribution in [0.3, 0.4) is 0 Å². The van der Waals surface area contributed by atoms with Crippen molar-refractivity contribution in [2.45, 2.75) is 32.7 Å². The average Bonchev–Trinajstić information content (AvgIpc) is 3.14. The Morgan fingerprint density at radius 1 is 1.06 bits per heavy atom. The van der Waals surface area contributed by atoms with Crippen molar-refractivity contribution in [1.82, 2.24) is 24.9 Å². The Bertz CT molecular complexity index is 1110. The Morgan fingerprint density at radius 2 is 1.81 bits per heavy atom. The van der Waals surface area contributed by atoms with Crippen LogP contribution < -0.4 is 14.8 Å². The average molecular weight is 427 g/mol. The normalized spacial score (nSPS) is 11.8. The van der Waals surface area contributed by atoms with Crippen LogP contribution in [0.1, 0.15) is 35.2 Å². The van der Waals surface area contributed by atoms with Crippen molar-refractivity contribution in [3.63, 3.8) is 0 Å². The number of benzene rings is 1. The number of rotatable bonds is 8. The number of hydrogen-bond donors (Lipinski definition) is 1. The molecule has 1 amide bonds. The molecule has 0 aliphatic carbocycles. The van der Waals surface area contributed by atoms with Gasteiger partial charge in [0.05, 0.1) is 40.2 Å². The third-order valence-corrected chi connectivity index (χ3v) is 4.72. The third kappa shape index (κ3) is 5.08. The molecule has 2 heterocycles. The van der Waals surface area contributed by atoms with E-state index in [1.807, 2.05) is 19.9 Å². The molecule has 1 atom stereocenters. The van der Waals surface area contributed by atoms with Gasteiger partial charge in [-0.2, -0.15) is 4.98 Å². The number of carbonyl (C=O) groups excluding carboxylic acids is 2. The fraction of sp³-hybridized carbons (Fsp3) is 0.381. The number of nitrogens with one attached hydrogen (secondary N) is 1. The first-order chi connectivity index (χ1) is 14.8. The molecular formula is C21H25N5O5. The van der Waals surface area contributed by atoms with Crippen LogP contribution in [0.5, 0.6) is 11.5 Å². The van der Waals surface area contributed by atoms with Crippen LogP contribution in [-0.4, -0.2) is 52.8 Å². The van der Waals surface area contributed by atoms with Gasteiger partial charge in [0.2, 0.25) is 5.91 Å². The van der Waals surface area contributed by atoms with Crippen LogP contribution in [0.25, 0.3) is 5.78 Å². The molecule has 1 unspecified atom stereocenters. The highest BCUT2D eigenvalue weighted by molar-refractivity contribution is 5.79. The van der Waals surface area contributed by atoms with E-state index in [4.69, 9.17) is 14.2 Å². The van der Waals surface area contributed by atoms with E-state index in [0.717, 1.165) is 11.4 Å². The smallest absolute Gasteiger partial charge is 0.307 e. The van der Waals surface area contributed by atoms with Gasteiger partial charge in [-0.3, -0.25) is 9.59 Å². The molecule has 0 saturated heterocycles. The van der Waals surface area contributed by atoms with Crippen LogP contribution in [0.4, 0.5) is 0 Å². The van der Waals surface area contributed by atoms with E-state index in [2.05, 4.69) is 20.4 Å². The van der Waals surface area contributed by atoms with Crippen LogP contribution >= 0.6 is 0 Å². The largest absolute Gasteiger partial charge is 0.493 e. The van der Waals surface area contributed by atoms with Crippen LogP contribution in [0, 0.1) is 13.8 Å². The van der Waals surface area contributed by atoms with Gasteiger partial charge in [-0.1, -0.05) is 6.07 Å². The van der Waals surface area contributed by atoms with Crippen molar-refractivity contribution in [3.05, 3.63) is 47.0 Å². The number of ether oxygens (including phenoxy) is 3. The highest BCUT2D eigenvalue weighted by Gasteiger charge is 2.22. The molecular weight excluding hydrogens is 402 g/mol. The molecule has 0 spiro atoms. The summed E-state index contributed by atoms with van der Waals surface area (Å²) in [6, 6.07) is 6.44. The summed E-state index contributed by atoms with van der Waals surface area (Å²) in [6.07, 6.45) is -0.108. The van der Waals surface area contributed by atoms with Crippen molar-refractivity contribution < 1.29 is 23.8 Å². The van der Waals surface area contributed by atoms with Crippen LogP contribution in [0.15, 0.2) is 24.3 Å². The van der Waals surface area contributed by atoms with Gasteiger partial charge in [-0.05, 0) is 37.6 Å². The van der Waals surface area contributed by atoms with E-state index in [1.54, 1.807) is 22.7 Å². The summed E-state index contributed by atoms with van der Waals surface area (Å²) in [5, 5.41) is 7.21. The van der Waals surface area contributed by atoms with Gasteiger partial charge >= 0.3 is 5.97 Å². The van der Waals surface area contributed by atoms with Gasteiger partial charge in [0.25, 0.3) is 5.78 Å². The lowest BCUT2D eigenvalue weighted by Gasteiger charge is -2.19. The monoisotopic (exact) mass is 427 g/mol. The fourth-order valence-electron chi connectivity index (χ4n) is 3.24. The van der Waals surface area contributed by atoms with Gasteiger partial charge in [0.1, 0.15) is 0 Å². The third-order valence-electron chi connectivity index (χ3n) is 4.72. The lowest BCUT2D eigenvalue weighted by Crippen LogP contribution is -2.32. The van der Waals surface area contributed by atoms with Crippen molar-refractivity contribution in [1.29, 1.82) is 0 Å². The lowest BCUT2D eigenvalue weighted by atomic mass is 10.0. The van der Waals surface area contributed by atoms with E-state index < -0.39 is 12.0 Å². The molecule has 0 fully saturated rings. The summed E-state index contributed by atoms with van der Waals surface area (Å²) in [7, 11) is 4.35. The first kappa shape index (κ1) is 22.0. The molecule has 0 saturated carbocycles. The first-order valence-electron chi connectivity index (χ1n) is 9.62. The quantitative estimate of drug-likeness (QED) is 0.540. The van der Waals surface area contributed by atoms with E-state index >= 15 is 0 Å². The SMILES string of the molecule is COC(=O)CC(NC(=O)Cc1nc2nc(C)cc(C)n2n1)c1ccc(OC)c(OC)c1. The molecule has 0 bridgehead atoms. The maximum absolute atomic E-state index is 12.7. The van der Waals surface area contributed by atoms with E-state index in [1.165, 1.54) is 21.3 Å². The molecule has 2 aromatic heterocycles. The number of methoxy groups -OCH3 is 3. The maximum atomic E-state index is 12.7. The number of esters is 1. The van der Waals surface area contributed by atoms with Crippen molar-refractivity contribution in [2.75, 3.05) is 21.3 Å². The lowest BCUT2D eigenvalue weighted by molar-refractivity contribution is -0.141. The number of nitrogens with zero attached hydrogens (tertiary/aromatic N) is 4. The Hall–Kier alpha value is -3.69. The molecule has 3 aromatic rings. The minimum Gasteiger partial charge on any atom is -0.493 e. The van der Waals surface area contributed by atoms with Gasteiger partial charge in [-0.25, -0.2) is 9.50 Å². The summed E-state index contributed by atoms with van der Waals surface area (Å²) in [5.74, 6) is 1.01. The fourth-order valence-corrected chi connectivity index (χ4v) is 3.24. The molecule has 10 nitrogen and oxygen atoms in total. The van der Waals surface area contributed by atoms with E-state index in [0.29, 0.717) is 28.7 Å². The zero-order chi connectivity index (χ0) is 22.5. The Kier molecular flexibility index (Phi) is 6.68. The highest BCUT2D eigenvalue weighted by atomic mass is 16.5.